The van der Waals surface area contributed by atoms with Gasteiger partial charge in [0.15, 0.2) is 0 Å². The van der Waals surface area contributed by atoms with E-state index in [1.165, 1.54) is 30.5 Å². The van der Waals surface area contributed by atoms with E-state index in [1.54, 1.807) is 6.92 Å². The molecule has 0 saturated carbocycles. The minimum atomic E-state index is -0.932. The normalized spacial score (nSPS) is 11.9. The van der Waals surface area contributed by atoms with Crippen molar-refractivity contribution in [3.05, 3.63) is 24.3 Å². The van der Waals surface area contributed by atoms with E-state index >= 15 is 0 Å². The van der Waals surface area contributed by atoms with Crippen LogP contribution in [-0.2, 0) is 4.79 Å². The highest BCUT2D eigenvalue weighted by molar-refractivity contribution is 5.92. The molecule has 1 rings (SSSR count). The van der Waals surface area contributed by atoms with Crippen LogP contribution in [0.5, 0.6) is 0 Å². The van der Waals surface area contributed by atoms with Gasteiger partial charge in [-0.1, -0.05) is 6.92 Å². The number of hydrogen-bond donors (Lipinski definition) is 1. The Morgan fingerprint density at radius 1 is 1.50 bits per heavy atom. The molecule has 0 saturated heterocycles. The van der Waals surface area contributed by atoms with E-state index < -0.39 is 11.9 Å². The first-order chi connectivity index (χ1) is 7.52. The lowest BCUT2D eigenvalue weighted by Gasteiger charge is -2.18. The lowest BCUT2D eigenvalue weighted by atomic mass is 10.2. The summed E-state index contributed by atoms with van der Waals surface area (Å²) in [5.41, 5.74) is 0.211. The molecule has 1 aromatic heterocycles. The Kier molecular flexibility index (Phi) is 3.93. The molecule has 0 fully saturated rings. The number of aliphatic carboxylic acids is 1. The molecule has 0 spiro atoms. The molecule has 1 aromatic rings. The average Bonchev–Trinajstić information content (AvgIpc) is 2.28. The lowest BCUT2D eigenvalue weighted by Crippen LogP contribution is -2.34. The zero-order valence-corrected chi connectivity index (χ0v) is 9.12. The Hall–Kier alpha value is -1.98. The SMILES string of the molecule is CC(CN(C)C(=O)c1cnccn1)C(=O)O. The molecule has 1 unspecified atom stereocenters. The van der Waals surface area contributed by atoms with Gasteiger partial charge in [-0.2, -0.15) is 0 Å². The smallest absolute Gasteiger partial charge is 0.308 e. The van der Waals surface area contributed by atoms with Crippen LogP contribution in [0.2, 0.25) is 0 Å². The van der Waals surface area contributed by atoms with Crippen LogP contribution in [0.3, 0.4) is 0 Å². The van der Waals surface area contributed by atoms with E-state index in [-0.39, 0.29) is 18.1 Å². The van der Waals surface area contributed by atoms with Crippen LogP contribution in [0.4, 0.5) is 0 Å². The van der Waals surface area contributed by atoms with Gasteiger partial charge in [0, 0.05) is 26.0 Å². The van der Waals surface area contributed by atoms with Crippen LogP contribution in [0.1, 0.15) is 17.4 Å². The number of carboxylic acids is 1. The van der Waals surface area contributed by atoms with E-state index in [0.717, 1.165) is 0 Å². The zero-order chi connectivity index (χ0) is 12.1. The molecule has 1 N–H and O–H groups in total. The highest BCUT2D eigenvalue weighted by atomic mass is 16.4. The summed E-state index contributed by atoms with van der Waals surface area (Å²) in [7, 11) is 1.54. The molecule has 0 aliphatic carbocycles. The van der Waals surface area contributed by atoms with Gasteiger partial charge in [0.2, 0.25) is 0 Å². The number of nitrogens with zero attached hydrogens (tertiary/aromatic N) is 3. The number of rotatable bonds is 4. The van der Waals surface area contributed by atoms with Crippen molar-refractivity contribution in [3.8, 4) is 0 Å². The Morgan fingerprint density at radius 2 is 2.19 bits per heavy atom. The largest absolute Gasteiger partial charge is 0.481 e. The summed E-state index contributed by atoms with van der Waals surface area (Å²) in [4.78, 5) is 31.3. The maximum absolute atomic E-state index is 11.7. The van der Waals surface area contributed by atoms with Crippen LogP contribution in [0.15, 0.2) is 18.6 Å². The summed E-state index contributed by atoms with van der Waals surface area (Å²) >= 11 is 0. The maximum Gasteiger partial charge on any atom is 0.308 e. The molecule has 1 amide bonds. The first-order valence-corrected chi connectivity index (χ1v) is 4.76. The number of aromatic nitrogens is 2. The van der Waals surface area contributed by atoms with Crippen LogP contribution >= 0.6 is 0 Å². The van der Waals surface area contributed by atoms with Crippen LogP contribution in [0, 0.1) is 5.92 Å². The lowest BCUT2D eigenvalue weighted by molar-refractivity contribution is -0.141. The first kappa shape index (κ1) is 12.1. The van der Waals surface area contributed by atoms with Gasteiger partial charge in [-0.15, -0.1) is 0 Å². The highest BCUT2D eigenvalue weighted by Crippen LogP contribution is 2.02. The Bertz CT molecular complexity index is 380. The number of amides is 1. The topological polar surface area (TPSA) is 83.4 Å². The first-order valence-electron chi connectivity index (χ1n) is 4.76. The number of carbonyl (C=O) groups excluding carboxylic acids is 1. The monoisotopic (exact) mass is 223 g/mol. The molecule has 0 aliphatic rings. The van der Waals surface area contributed by atoms with Crippen molar-refractivity contribution in [1.82, 2.24) is 14.9 Å². The second-order valence-corrected chi connectivity index (χ2v) is 3.52. The van der Waals surface area contributed by atoms with E-state index in [9.17, 15) is 9.59 Å². The minimum absolute atomic E-state index is 0.144. The molecule has 6 heteroatoms. The summed E-state index contributed by atoms with van der Waals surface area (Å²) in [6, 6.07) is 0. The van der Waals surface area contributed by atoms with E-state index in [0.29, 0.717) is 0 Å². The molecule has 1 heterocycles. The van der Waals surface area contributed by atoms with Crippen molar-refractivity contribution >= 4 is 11.9 Å². The van der Waals surface area contributed by atoms with E-state index in [4.69, 9.17) is 5.11 Å². The highest BCUT2D eigenvalue weighted by Gasteiger charge is 2.19. The quantitative estimate of drug-likeness (QED) is 0.792. The molecule has 16 heavy (non-hydrogen) atoms. The molecular formula is C10H13N3O3. The second-order valence-electron chi connectivity index (χ2n) is 3.52. The minimum Gasteiger partial charge on any atom is -0.481 e. The van der Waals surface area contributed by atoms with Gasteiger partial charge < -0.3 is 10.0 Å². The van der Waals surface area contributed by atoms with Gasteiger partial charge in [-0.25, -0.2) is 4.98 Å². The Balaban J connectivity index is 2.65. The fourth-order valence-corrected chi connectivity index (χ4v) is 1.18. The van der Waals surface area contributed by atoms with Crippen molar-refractivity contribution < 1.29 is 14.7 Å². The molecule has 0 bridgehead atoms. The summed E-state index contributed by atoms with van der Waals surface area (Å²) in [6.07, 6.45) is 4.24. The van der Waals surface area contributed by atoms with Crippen molar-refractivity contribution in [2.45, 2.75) is 6.92 Å². The Labute approximate surface area is 92.9 Å². The fraction of sp³-hybridized carbons (Fsp3) is 0.400. The van der Waals surface area contributed by atoms with Gasteiger partial charge in [0.05, 0.1) is 12.1 Å². The molecule has 0 aliphatic heterocycles. The summed E-state index contributed by atoms with van der Waals surface area (Å²) < 4.78 is 0. The average molecular weight is 223 g/mol. The zero-order valence-electron chi connectivity index (χ0n) is 9.12. The van der Waals surface area contributed by atoms with Gasteiger partial charge in [-0.3, -0.25) is 14.6 Å². The van der Waals surface area contributed by atoms with Crippen molar-refractivity contribution in [1.29, 1.82) is 0 Å². The molecule has 6 nitrogen and oxygen atoms in total. The number of hydrogen-bond acceptors (Lipinski definition) is 4. The Morgan fingerprint density at radius 3 is 2.69 bits per heavy atom. The third-order valence-corrected chi connectivity index (χ3v) is 2.10. The van der Waals surface area contributed by atoms with Crippen molar-refractivity contribution in [2.24, 2.45) is 5.92 Å². The second kappa shape index (κ2) is 5.20. The van der Waals surface area contributed by atoms with Crippen LogP contribution in [0.25, 0.3) is 0 Å². The van der Waals surface area contributed by atoms with Crippen LogP contribution in [-0.4, -0.2) is 45.4 Å². The van der Waals surface area contributed by atoms with E-state index in [2.05, 4.69) is 9.97 Å². The van der Waals surface area contributed by atoms with Crippen molar-refractivity contribution in [3.63, 3.8) is 0 Å². The van der Waals surface area contributed by atoms with Gasteiger partial charge in [0.25, 0.3) is 5.91 Å². The maximum atomic E-state index is 11.7. The molecular weight excluding hydrogens is 210 g/mol. The standard InChI is InChI=1S/C10H13N3O3/c1-7(10(15)16)6-13(2)9(14)8-5-11-3-4-12-8/h3-5,7H,6H2,1-2H3,(H,15,16). The van der Waals surface area contributed by atoms with Gasteiger partial charge in [0.1, 0.15) is 5.69 Å². The summed E-state index contributed by atoms with van der Waals surface area (Å²) in [5.74, 6) is -1.87. The molecule has 0 radical (unpaired) electrons. The van der Waals surface area contributed by atoms with Gasteiger partial charge in [-0.05, 0) is 0 Å². The molecule has 0 aromatic carbocycles. The third-order valence-electron chi connectivity index (χ3n) is 2.10. The molecule has 86 valence electrons. The number of carboxylic acid groups (broad SMARTS) is 1. The van der Waals surface area contributed by atoms with Crippen LogP contribution < -0.4 is 0 Å². The van der Waals surface area contributed by atoms with E-state index in [1.807, 2.05) is 0 Å². The molecule has 1 atom stereocenters. The van der Waals surface area contributed by atoms with Crippen molar-refractivity contribution in [2.75, 3.05) is 13.6 Å². The number of carbonyl (C=O) groups is 2. The van der Waals surface area contributed by atoms with Gasteiger partial charge >= 0.3 is 5.97 Å². The summed E-state index contributed by atoms with van der Waals surface area (Å²) in [6.45, 7) is 1.69. The predicted molar refractivity (Wildman–Crippen MR) is 55.8 cm³/mol. The summed E-state index contributed by atoms with van der Waals surface area (Å²) in [5, 5.41) is 8.72. The predicted octanol–water partition coefficient (Wildman–Crippen LogP) is 0.269. The fourth-order valence-electron chi connectivity index (χ4n) is 1.18. The third kappa shape index (κ3) is 3.01.